The second kappa shape index (κ2) is 8.86. The molecule has 3 aromatic rings. The summed E-state index contributed by atoms with van der Waals surface area (Å²) in [6.07, 6.45) is 1.82. The summed E-state index contributed by atoms with van der Waals surface area (Å²) in [5.41, 5.74) is 1.10. The number of nitrogens with zero attached hydrogens (tertiary/aromatic N) is 3. The number of carbonyl (C=O) groups excluding carboxylic acids is 1. The van der Waals surface area contributed by atoms with E-state index < -0.39 is 10.0 Å². The summed E-state index contributed by atoms with van der Waals surface area (Å²) < 4.78 is 29.0. The highest BCUT2D eigenvalue weighted by atomic mass is 35.5. The Morgan fingerprint density at radius 1 is 1.29 bits per heavy atom. The number of fused-ring (bicyclic) bond motifs is 1. The van der Waals surface area contributed by atoms with Crippen molar-refractivity contribution in [2.75, 3.05) is 24.5 Å². The Balaban J connectivity index is 1.68. The van der Waals surface area contributed by atoms with Gasteiger partial charge in [0, 0.05) is 25.2 Å². The van der Waals surface area contributed by atoms with E-state index in [2.05, 4.69) is 4.98 Å². The first-order chi connectivity index (χ1) is 14.8. The Morgan fingerprint density at radius 3 is 2.77 bits per heavy atom. The van der Waals surface area contributed by atoms with Gasteiger partial charge in [-0.25, -0.2) is 13.4 Å². The van der Waals surface area contributed by atoms with Crippen LogP contribution in [0.5, 0.6) is 0 Å². The number of sulfonamides is 1. The number of halogens is 1. The number of rotatable bonds is 5. The largest absolute Gasteiger partial charge is 0.284 e. The van der Waals surface area contributed by atoms with Gasteiger partial charge in [-0.1, -0.05) is 42.0 Å². The summed E-state index contributed by atoms with van der Waals surface area (Å²) >= 11 is 7.71. The van der Waals surface area contributed by atoms with Crippen LogP contribution in [0.3, 0.4) is 0 Å². The van der Waals surface area contributed by atoms with Crippen LogP contribution < -0.4 is 4.90 Å². The smallest absolute Gasteiger partial charge is 0.260 e. The molecule has 0 saturated carbocycles. The summed E-state index contributed by atoms with van der Waals surface area (Å²) in [4.78, 5) is 19.4. The van der Waals surface area contributed by atoms with Crippen LogP contribution >= 0.6 is 22.9 Å². The highest BCUT2D eigenvalue weighted by Gasteiger charge is 2.31. The lowest BCUT2D eigenvalue weighted by molar-refractivity contribution is 0.0988. The molecule has 1 saturated heterocycles. The van der Waals surface area contributed by atoms with E-state index in [-0.39, 0.29) is 21.4 Å². The van der Waals surface area contributed by atoms with Crippen molar-refractivity contribution in [3.63, 3.8) is 0 Å². The SMILES string of the molecule is CCN(C(=O)c1ccc(Cl)c(S(=O)(=O)N2CCCC(C)C2)c1)c1nc2ccccc2s1. The number of piperidine rings is 1. The zero-order valence-corrected chi connectivity index (χ0v) is 19.8. The maximum absolute atomic E-state index is 13.3. The van der Waals surface area contributed by atoms with E-state index in [1.807, 2.05) is 38.1 Å². The maximum atomic E-state index is 13.3. The van der Waals surface area contributed by atoms with Gasteiger partial charge in [-0.05, 0) is 56.0 Å². The van der Waals surface area contributed by atoms with Crippen molar-refractivity contribution in [1.29, 1.82) is 0 Å². The normalized spacial score (nSPS) is 17.7. The van der Waals surface area contributed by atoms with E-state index in [0.717, 1.165) is 23.1 Å². The van der Waals surface area contributed by atoms with Gasteiger partial charge >= 0.3 is 0 Å². The fourth-order valence-corrected chi connectivity index (χ4v) is 6.96. The van der Waals surface area contributed by atoms with Crippen LogP contribution in [0.2, 0.25) is 5.02 Å². The van der Waals surface area contributed by atoms with Crippen molar-refractivity contribution >= 4 is 54.2 Å². The lowest BCUT2D eigenvalue weighted by Gasteiger charge is -2.30. The van der Waals surface area contributed by atoms with Crippen molar-refractivity contribution in [2.24, 2.45) is 5.92 Å². The number of hydrogen-bond donors (Lipinski definition) is 0. The van der Waals surface area contributed by atoms with Crippen LogP contribution in [-0.4, -0.2) is 43.2 Å². The first-order valence-electron chi connectivity index (χ1n) is 10.3. The Morgan fingerprint density at radius 2 is 2.06 bits per heavy atom. The zero-order valence-electron chi connectivity index (χ0n) is 17.4. The Labute approximate surface area is 191 Å². The van der Waals surface area contributed by atoms with Gasteiger partial charge < -0.3 is 0 Å². The molecule has 1 atom stereocenters. The topological polar surface area (TPSA) is 70.6 Å². The summed E-state index contributed by atoms with van der Waals surface area (Å²) in [6, 6.07) is 12.2. The molecular formula is C22H24ClN3O3S2. The van der Waals surface area contributed by atoms with Crippen LogP contribution in [0.4, 0.5) is 5.13 Å². The molecule has 1 unspecified atom stereocenters. The van der Waals surface area contributed by atoms with Crippen molar-refractivity contribution in [3.8, 4) is 0 Å². The third-order valence-electron chi connectivity index (χ3n) is 5.49. The Bertz CT molecular complexity index is 1190. The highest BCUT2D eigenvalue weighted by Crippen LogP contribution is 2.32. The molecule has 6 nitrogen and oxygen atoms in total. The lowest BCUT2D eigenvalue weighted by Crippen LogP contribution is -2.39. The average Bonchev–Trinajstić information content (AvgIpc) is 3.18. The minimum absolute atomic E-state index is 0.0190. The standard InChI is InChI=1S/C22H24ClN3O3S2/c1-3-26(22-24-18-8-4-5-9-19(18)30-22)21(27)16-10-11-17(23)20(13-16)31(28,29)25-12-6-7-15(2)14-25/h4-5,8-11,13,15H,3,6-7,12,14H2,1-2H3. The molecule has 9 heteroatoms. The van der Waals surface area contributed by atoms with Crippen LogP contribution in [0, 0.1) is 5.92 Å². The van der Waals surface area contributed by atoms with Gasteiger partial charge in [0.2, 0.25) is 10.0 Å². The number of anilines is 1. The van der Waals surface area contributed by atoms with Gasteiger partial charge in [0.15, 0.2) is 5.13 Å². The van der Waals surface area contributed by atoms with Crippen LogP contribution in [0.15, 0.2) is 47.4 Å². The molecule has 0 N–H and O–H groups in total. The fourth-order valence-electron chi connectivity index (χ4n) is 3.83. The molecule has 164 valence electrons. The monoisotopic (exact) mass is 477 g/mol. The molecule has 2 aromatic carbocycles. The molecular weight excluding hydrogens is 454 g/mol. The summed E-state index contributed by atoms with van der Waals surface area (Å²) in [5.74, 6) is -0.0107. The predicted molar refractivity (Wildman–Crippen MR) is 126 cm³/mol. The molecule has 1 aliphatic rings. The summed E-state index contributed by atoms with van der Waals surface area (Å²) in [7, 11) is -3.78. The van der Waals surface area contributed by atoms with E-state index in [4.69, 9.17) is 11.6 Å². The summed E-state index contributed by atoms with van der Waals surface area (Å²) in [6.45, 7) is 5.25. The van der Waals surface area contributed by atoms with Gasteiger partial charge in [0.25, 0.3) is 5.91 Å². The predicted octanol–water partition coefficient (Wildman–Crippen LogP) is 5.04. The maximum Gasteiger partial charge on any atom is 0.260 e. The molecule has 0 spiro atoms. The van der Waals surface area contributed by atoms with E-state index >= 15 is 0 Å². The van der Waals surface area contributed by atoms with Gasteiger partial charge in [0.05, 0.1) is 15.2 Å². The molecule has 1 fully saturated rings. The molecule has 31 heavy (non-hydrogen) atoms. The number of amides is 1. The first-order valence-corrected chi connectivity index (χ1v) is 12.9. The lowest BCUT2D eigenvalue weighted by atomic mass is 10.0. The quantitative estimate of drug-likeness (QED) is 0.516. The van der Waals surface area contributed by atoms with E-state index in [1.165, 1.54) is 27.8 Å². The molecule has 2 heterocycles. The molecule has 0 bridgehead atoms. The van der Waals surface area contributed by atoms with Crippen LogP contribution in [0.1, 0.15) is 37.0 Å². The number of aromatic nitrogens is 1. The molecule has 0 radical (unpaired) electrons. The minimum atomic E-state index is -3.78. The molecule has 4 rings (SSSR count). The third-order valence-corrected chi connectivity index (χ3v) is 8.90. The third kappa shape index (κ3) is 4.35. The second-order valence-electron chi connectivity index (χ2n) is 7.77. The molecule has 1 amide bonds. The molecule has 1 aliphatic heterocycles. The van der Waals surface area contributed by atoms with Crippen LogP contribution in [-0.2, 0) is 10.0 Å². The first kappa shape index (κ1) is 22.2. The number of thiazole rings is 1. The van der Waals surface area contributed by atoms with E-state index in [0.29, 0.717) is 30.7 Å². The molecule has 0 aliphatic carbocycles. The van der Waals surface area contributed by atoms with Crippen molar-refractivity contribution < 1.29 is 13.2 Å². The second-order valence-corrected chi connectivity index (χ2v) is 11.1. The van der Waals surface area contributed by atoms with E-state index in [9.17, 15) is 13.2 Å². The van der Waals surface area contributed by atoms with Crippen molar-refractivity contribution in [2.45, 2.75) is 31.6 Å². The summed E-state index contributed by atoms with van der Waals surface area (Å²) in [5, 5.41) is 0.704. The van der Waals surface area contributed by atoms with Crippen molar-refractivity contribution in [3.05, 3.63) is 53.1 Å². The van der Waals surface area contributed by atoms with E-state index in [1.54, 1.807) is 11.0 Å². The average molecular weight is 478 g/mol. The van der Waals surface area contributed by atoms with Crippen LogP contribution in [0.25, 0.3) is 10.2 Å². The Hall–Kier alpha value is -2.00. The zero-order chi connectivity index (χ0) is 22.2. The van der Waals surface area contributed by atoms with Gasteiger partial charge in [-0.2, -0.15) is 4.31 Å². The number of hydrogen-bond acceptors (Lipinski definition) is 5. The number of carbonyl (C=O) groups is 1. The van der Waals surface area contributed by atoms with Gasteiger partial charge in [0.1, 0.15) is 4.90 Å². The fraction of sp³-hybridized carbons (Fsp3) is 0.364. The Kier molecular flexibility index (Phi) is 6.35. The minimum Gasteiger partial charge on any atom is -0.284 e. The van der Waals surface area contributed by atoms with Crippen molar-refractivity contribution in [1.82, 2.24) is 9.29 Å². The molecule has 1 aromatic heterocycles. The van der Waals surface area contributed by atoms with Gasteiger partial charge in [-0.15, -0.1) is 0 Å². The highest BCUT2D eigenvalue weighted by molar-refractivity contribution is 7.89. The number of para-hydroxylation sites is 1. The number of benzene rings is 2. The van der Waals surface area contributed by atoms with Gasteiger partial charge in [-0.3, -0.25) is 9.69 Å².